The van der Waals surface area contributed by atoms with E-state index in [2.05, 4.69) is 4.98 Å². The molecule has 2 heterocycles. The number of aliphatic carboxylic acids is 1. The molecule has 1 aromatic rings. The van der Waals surface area contributed by atoms with E-state index in [1.54, 1.807) is 6.07 Å². The molecule has 20 heavy (non-hydrogen) atoms. The van der Waals surface area contributed by atoms with Crippen molar-refractivity contribution in [3.63, 3.8) is 0 Å². The molecule has 1 saturated carbocycles. The summed E-state index contributed by atoms with van der Waals surface area (Å²) in [5.41, 5.74) is 0.104. The third-order valence-corrected chi connectivity index (χ3v) is 4.58. The van der Waals surface area contributed by atoms with Crippen LogP contribution in [0.25, 0.3) is 0 Å². The van der Waals surface area contributed by atoms with Gasteiger partial charge in [-0.15, -0.1) is 0 Å². The van der Waals surface area contributed by atoms with Crippen LogP contribution in [0.3, 0.4) is 0 Å². The Balaban J connectivity index is 1.83. The monoisotopic (exact) mass is 277 g/mol. The van der Waals surface area contributed by atoms with E-state index in [1.807, 2.05) is 4.90 Å². The highest BCUT2D eigenvalue weighted by Crippen LogP contribution is 2.49. The van der Waals surface area contributed by atoms with Gasteiger partial charge in [0.1, 0.15) is 0 Å². The summed E-state index contributed by atoms with van der Waals surface area (Å²) in [6, 6.07) is 3.00. The number of hydrogen-bond donors (Lipinski definition) is 1. The average molecular weight is 277 g/mol. The molecule has 1 aliphatic carbocycles. The van der Waals surface area contributed by atoms with Gasteiger partial charge in [-0.25, -0.2) is 0 Å². The van der Waals surface area contributed by atoms with E-state index >= 15 is 0 Å². The van der Waals surface area contributed by atoms with Gasteiger partial charge in [0.05, 0.1) is 11.1 Å². The van der Waals surface area contributed by atoms with Crippen molar-refractivity contribution in [2.75, 3.05) is 18.0 Å². The third kappa shape index (κ3) is 1.81. The largest absolute Gasteiger partial charge is 0.481 e. The highest BCUT2D eigenvalue weighted by molar-refractivity contribution is 5.78. The minimum absolute atomic E-state index is 0.162. The molecule has 0 unspecified atom stereocenters. The fourth-order valence-corrected chi connectivity index (χ4v) is 3.51. The highest BCUT2D eigenvalue weighted by atomic mass is 16.6. The number of rotatable bonds is 3. The first-order chi connectivity index (χ1) is 9.53. The van der Waals surface area contributed by atoms with Crippen molar-refractivity contribution in [2.45, 2.75) is 19.3 Å². The fourth-order valence-electron chi connectivity index (χ4n) is 3.51. The number of carbonyl (C=O) groups is 1. The van der Waals surface area contributed by atoms with Crippen molar-refractivity contribution < 1.29 is 14.8 Å². The normalized spacial score (nSPS) is 28.4. The van der Waals surface area contributed by atoms with Gasteiger partial charge in [0, 0.05) is 19.2 Å². The summed E-state index contributed by atoms with van der Waals surface area (Å²) >= 11 is 0. The van der Waals surface area contributed by atoms with Gasteiger partial charge in [0.2, 0.25) is 0 Å². The van der Waals surface area contributed by atoms with Gasteiger partial charge in [0.25, 0.3) is 0 Å². The van der Waals surface area contributed by atoms with Crippen LogP contribution < -0.4 is 4.90 Å². The quantitative estimate of drug-likeness (QED) is 0.667. The molecule has 1 aliphatic heterocycles. The number of carboxylic acid groups (broad SMARTS) is 1. The highest BCUT2D eigenvalue weighted by Gasteiger charge is 2.55. The molecule has 7 nitrogen and oxygen atoms in total. The van der Waals surface area contributed by atoms with E-state index in [0.29, 0.717) is 19.5 Å². The maximum atomic E-state index is 11.6. The Labute approximate surface area is 115 Å². The van der Waals surface area contributed by atoms with Crippen LogP contribution in [0.2, 0.25) is 0 Å². The lowest BCUT2D eigenvalue weighted by molar-refractivity contribution is -0.389. The molecule has 0 amide bonds. The van der Waals surface area contributed by atoms with Gasteiger partial charge in [-0.3, -0.25) is 4.79 Å². The summed E-state index contributed by atoms with van der Waals surface area (Å²) in [5.74, 6) is -0.756. The number of carboxylic acids is 1. The van der Waals surface area contributed by atoms with E-state index in [0.717, 1.165) is 18.5 Å². The smallest absolute Gasteiger partial charge is 0.363 e. The minimum atomic E-state index is -0.725. The van der Waals surface area contributed by atoms with Crippen molar-refractivity contribution in [1.29, 1.82) is 0 Å². The number of anilines is 1. The van der Waals surface area contributed by atoms with Crippen LogP contribution in [0.5, 0.6) is 0 Å². The standard InChI is InChI=1S/C13H15N3O4/c17-12(18)13-5-1-2-9(13)7-15(8-13)10-3-4-11(14-6-10)16(19)20/h3-4,6,9H,1-2,5,7-8H2,(H,17,18)/t9-,13+/m0/s1. The lowest BCUT2D eigenvalue weighted by Crippen LogP contribution is -2.35. The van der Waals surface area contributed by atoms with Crippen molar-refractivity contribution in [2.24, 2.45) is 11.3 Å². The molecule has 106 valence electrons. The first-order valence-electron chi connectivity index (χ1n) is 6.62. The van der Waals surface area contributed by atoms with Crippen LogP contribution in [-0.4, -0.2) is 34.1 Å². The summed E-state index contributed by atoms with van der Waals surface area (Å²) in [6.07, 6.45) is 4.06. The van der Waals surface area contributed by atoms with Crippen molar-refractivity contribution in [1.82, 2.24) is 4.98 Å². The second-order valence-corrected chi connectivity index (χ2v) is 5.56. The Morgan fingerprint density at radius 3 is 2.90 bits per heavy atom. The summed E-state index contributed by atoms with van der Waals surface area (Å²) < 4.78 is 0. The molecule has 3 rings (SSSR count). The van der Waals surface area contributed by atoms with E-state index in [1.165, 1.54) is 12.3 Å². The number of hydrogen-bond acceptors (Lipinski definition) is 5. The molecule has 0 radical (unpaired) electrons. The van der Waals surface area contributed by atoms with Gasteiger partial charge in [-0.05, 0) is 34.7 Å². The second-order valence-electron chi connectivity index (χ2n) is 5.56. The summed E-state index contributed by atoms with van der Waals surface area (Å²) in [5, 5.41) is 20.1. The molecule has 2 aliphatic rings. The molecule has 0 bridgehead atoms. The zero-order valence-corrected chi connectivity index (χ0v) is 10.9. The van der Waals surface area contributed by atoms with Gasteiger partial charge in [-0.2, -0.15) is 0 Å². The van der Waals surface area contributed by atoms with E-state index in [-0.39, 0.29) is 11.7 Å². The van der Waals surface area contributed by atoms with E-state index in [4.69, 9.17) is 0 Å². The lowest BCUT2D eigenvalue weighted by atomic mass is 9.81. The van der Waals surface area contributed by atoms with Crippen LogP contribution in [0.15, 0.2) is 18.3 Å². The van der Waals surface area contributed by atoms with Crippen LogP contribution in [0.4, 0.5) is 11.5 Å². The maximum absolute atomic E-state index is 11.6. The Kier molecular flexibility index (Phi) is 2.84. The van der Waals surface area contributed by atoms with Gasteiger partial charge < -0.3 is 20.1 Å². The Hall–Kier alpha value is -2.18. The molecule has 1 aromatic heterocycles. The van der Waals surface area contributed by atoms with Crippen molar-refractivity contribution in [3.05, 3.63) is 28.4 Å². The second kappa shape index (κ2) is 4.43. The minimum Gasteiger partial charge on any atom is -0.481 e. The number of aromatic nitrogens is 1. The molecular weight excluding hydrogens is 262 g/mol. The predicted octanol–water partition coefficient (Wildman–Crippen LogP) is 1.68. The molecule has 1 N–H and O–H groups in total. The number of nitro groups is 1. The number of pyridine rings is 1. The van der Waals surface area contributed by atoms with Crippen LogP contribution in [0.1, 0.15) is 19.3 Å². The molecule has 2 atom stereocenters. The Morgan fingerprint density at radius 2 is 2.35 bits per heavy atom. The molecule has 1 saturated heterocycles. The Bertz CT molecular complexity index is 559. The third-order valence-electron chi connectivity index (χ3n) is 4.58. The van der Waals surface area contributed by atoms with Crippen molar-refractivity contribution >= 4 is 17.5 Å². The zero-order chi connectivity index (χ0) is 14.3. The first kappa shape index (κ1) is 12.8. The molecule has 0 aromatic carbocycles. The molecule has 7 heteroatoms. The molecule has 2 fully saturated rings. The van der Waals surface area contributed by atoms with Gasteiger partial charge in [-0.1, -0.05) is 6.42 Å². The predicted molar refractivity (Wildman–Crippen MR) is 70.5 cm³/mol. The van der Waals surface area contributed by atoms with E-state index < -0.39 is 16.3 Å². The SMILES string of the molecule is O=C(O)[C@@]12CCC[C@H]1CN(c1ccc([N+](=O)[O-])nc1)C2. The van der Waals surface area contributed by atoms with E-state index in [9.17, 15) is 20.0 Å². The fraction of sp³-hybridized carbons (Fsp3) is 0.538. The molecular formula is C13H15N3O4. The van der Waals surface area contributed by atoms with Gasteiger partial charge in [0.15, 0.2) is 6.20 Å². The molecule has 0 spiro atoms. The topological polar surface area (TPSA) is 96.6 Å². The summed E-state index contributed by atoms with van der Waals surface area (Å²) in [7, 11) is 0. The van der Waals surface area contributed by atoms with Crippen LogP contribution in [-0.2, 0) is 4.79 Å². The van der Waals surface area contributed by atoms with Gasteiger partial charge >= 0.3 is 11.8 Å². The number of fused-ring (bicyclic) bond motifs is 1. The average Bonchev–Trinajstić information content (AvgIpc) is 2.96. The summed E-state index contributed by atoms with van der Waals surface area (Å²) in [6.45, 7) is 1.15. The maximum Gasteiger partial charge on any atom is 0.363 e. The van der Waals surface area contributed by atoms with Crippen LogP contribution >= 0.6 is 0 Å². The Morgan fingerprint density at radius 1 is 1.55 bits per heavy atom. The van der Waals surface area contributed by atoms with Crippen molar-refractivity contribution in [3.8, 4) is 0 Å². The zero-order valence-electron chi connectivity index (χ0n) is 10.9. The van der Waals surface area contributed by atoms with Crippen LogP contribution in [0, 0.1) is 21.4 Å². The number of nitrogens with zero attached hydrogens (tertiary/aromatic N) is 3. The first-order valence-corrected chi connectivity index (χ1v) is 6.62. The lowest BCUT2D eigenvalue weighted by Gasteiger charge is -2.23. The summed E-state index contributed by atoms with van der Waals surface area (Å²) in [4.78, 5) is 27.4.